The molecular formula is C19H19FN4. The van der Waals surface area contributed by atoms with E-state index in [0.717, 1.165) is 34.6 Å². The van der Waals surface area contributed by atoms with Gasteiger partial charge in [0.05, 0.1) is 5.69 Å². The summed E-state index contributed by atoms with van der Waals surface area (Å²) in [5.41, 5.74) is 5.10. The number of halogens is 1. The molecule has 3 aromatic rings. The van der Waals surface area contributed by atoms with Crippen molar-refractivity contribution in [2.75, 3.05) is 11.9 Å². The van der Waals surface area contributed by atoms with Crippen molar-refractivity contribution in [3.05, 3.63) is 59.8 Å². The zero-order chi connectivity index (χ0) is 17.1. The molecule has 3 rings (SSSR count). The van der Waals surface area contributed by atoms with Gasteiger partial charge in [0, 0.05) is 35.3 Å². The molecule has 2 heterocycles. The fourth-order valence-electron chi connectivity index (χ4n) is 2.68. The van der Waals surface area contributed by atoms with E-state index in [4.69, 9.17) is 0 Å². The maximum Gasteiger partial charge on any atom is 0.223 e. The summed E-state index contributed by atoms with van der Waals surface area (Å²) >= 11 is 0. The van der Waals surface area contributed by atoms with E-state index in [9.17, 15) is 4.39 Å². The second-order valence-electron chi connectivity index (χ2n) is 5.64. The summed E-state index contributed by atoms with van der Waals surface area (Å²) < 4.78 is 13.7. The fourth-order valence-corrected chi connectivity index (χ4v) is 2.68. The van der Waals surface area contributed by atoms with E-state index < -0.39 is 0 Å². The third kappa shape index (κ3) is 3.40. The molecule has 1 N–H and O–H groups in total. The normalized spacial score (nSPS) is 10.7. The predicted octanol–water partition coefficient (Wildman–Crippen LogP) is 4.39. The van der Waals surface area contributed by atoms with Crippen LogP contribution < -0.4 is 5.32 Å². The Balaban J connectivity index is 2.21. The van der Waals surface area contributed by atoms with E-state index in [-0.39, 0.29) is 5.82 Å². The monoisotopic (exact) mass is 322 g/mol. The molecule has 0 bridgehead atoms. The molecular weight excluding hydrogens is 303 g/mol. The highest BCUT2D eigenvalue weighted by molar-refractivity contribution is 5.81. The Hall–Kier alpha value is -2.82. The van der Waals surface area contributed by atoms with Crippen molar-refractivity contribution in [1.82, 2.24) is 15.0 Å². The standard InChI is InChI=1S/C19H19FN4/c1-4-21-19-22-11-17(15-8-12(2)23-13(3)9-15)18(24-19)14-6-5-7-16(20)10-14/h5-11H,4H2,1-3H3,(H,21,22,24). The highest BCUT2D eigenvalue weighted by atomic mass is 19.1. The molecule has 0 saturated heterocycles. The van der Waals surface area contributed by atoms with Crippen molar-refractivity contribution in [3.8, 4) is 22.4 Å². The summed E-state index contributed by atoms with van der Waals surface area (Å²) in [6, 6.07) is 10.4. The molecule has 0 radical (unpaired) electrons. The first kappa shape index (κ1) is 16.1. The largest absolute Gasteiger partial charge is 0.354 e. The first-order valence-corrected chi connectivity index (χ1v) is 7.89. The van der Waals surface area contributed by atoms with Gasteiger partial charge < -0.3 is 5.32 Å². The average molecular weight is 322 g/mol. The van der Waals surface area contributed by atoms with E-state index >= 15 is 0 Å². The number of nitrogens with zero attached hydrogens (tertiary/aromatic N) is 3. The summed E-state index contributed by atoms with van der Waals surface area (Å²) in [6.45, 7) is 6.60. The summed E-state index contributed by atoms with van der Waals surface area (Å²) in [4.78, 5) is 13.4. The first-order valence-electron chi connectivity index (χ1n) is 7.89. The van der Waals surface area contributed by atoms with Crippen LogP contribution in [0.4, 0.5) is 10.3 Å². The highest BCUT2D eigenvalue weighted by Crippen LogP contribution is 2.31. The van der Waals surface area contributed by atoms with Crippen LogP contribution in [0.3, 0.4) is 0 Å². The number of aryl methyl sites for hydroxylation is 2. The van der Waals surface area contributed by atoms with Crippen molar-refractivity contribution in [2.45, 2.75) is 20.8 Å². The van der Waals surface area contributed by atoms with Crippen LogP contribution in [0.25, 0.3) is 22.4 Å². The molecule has 0 aliphatic carbocycles. The molecule has 0 saturated carbocycles. The Morgan fingerprint density at radius 1 is 1.00 bits per heavy atom. The minimum Gasteiger partial charge on any atom is -0.354 e. The van der Waals surface area contributed by atoms with Gasteiger partial charge in [-0.3, -0.25) is 4.98 Å². The topological polar surface area (TPSA) is 50.7 Å². The van der Waals surface area contributed by atoms with E-state index in [1.807, 2.05) is 39.0 Å². The molecule has 0 fully saturated rings. The van der Waals surface area contributed by atoms with Crippen molar-refractivity contribution in [3.63, 3.8) is 0 Å². The van der Waals surface area contributed by atoms with E-state index in [1.54, 1.807) is 12.3 Å². The van der Waals surface area contributed by atoms with Gasteiger partial charge in [-0.05, 0) is 50.6 Å². The number of nitrogens with one attached hydrogen (secondary N) is 1. The summed E-state index contributed by atoms with van der Waals surface area (Å²) in [5.74, 6) is 0.243. The Morgan fingerprint density at radius 2 is 1.75 bits per heavy atom. The van der Waals surface area contributed by atoms with Gasteiger partial charge in [-0.15, -0.1) is 0 Å². The molecule has 0 aliphatic heterocycles. The van der Waals surface area contributed by atoms with Crippen molar-refractivity contribution in [1.29, 1.82) is 0 Å². The molecule has 5 heteroatoms. The zero-order valence-corrected chi connectivity index (χ0v) is 14.0. The van der Waals surface area contributed by atoms with E-state index in [1.165, 1.54) is 12.1 Å². The average Bonchev–Trinajstić information content (AvgIpc) is 2.54. The number of anilines is 1. The molecule has 0 spiro atoms. The van der Waals surface area contributed by atoms with Gasteiger partial charge in [-0.1, -0.05) is 12.1 Å². The van der Waals surface area contributed by atoms with Gasteiger partial charge in [0.15, 0.2) is 0 Å². The predicted molar refractivity (Wildman–Crippen MR) is 94.3 cm³/mol. The summed E-state index contributed by atoms with van der Waals surface area (Å²) in [7, 11) is 0. The van der Waals surface area contributed by atoms with Crippen LogP contribution in [0.1, 0.15) is 18.3 Å². The molecule has 4 nitrogen and oxygen atoms in total. The first-order chi connectivity index (χ1) is 11.6. The van der Waals surface area contributed by atoms with Gasteiger partial charge in [0.1, 0.15) is 5.82 Å². The van der Waals surface area contributed by atoms with Crippen LogP contribution in [0, 0.1) is 19.7 Å². The molecule has 0 aliphatic rings. The van der Waals surface area contributed by atoms with Crippen LogP contribution in [0.5, 0.6) is 0 Å². The van der Waals surface area contributed by atoms with Gasteiger partial charge in [-0.2, -0.15) is 0 Å². The summed E-state index contributed by atoms with van der Waals surface area (Å²) in [5, 5.41) is 3.11. The lowest BCUT2D eigenvalue weighted by Crippen LogP contribution is -2.04. The number of benzene rings is 1. The third-order valence-corrected chi connectivity index (χ3v) is 3.61. The molecule has 24 heavy (non-hydrogen) atoms. The van der Waals surface area contributed by atoms with Crippen LogP contribution in [0.2, 0.25) is 0 Å². The van der Waals surface area contributed by atoms with Crippen LogP contribution in [-0.4, -0.2) is 21.5 Å². The van der Waals surface area contributed by atoms with E-state index in [0.29, 0.717) is 11.6 Å². The Bertz CT molecular complexity index is 857. The van der Waals surface area contributed by atoms with Crippen LogP contribution >= 0.6 is 0 Å². The quantitative estimate of drug-likeness (QED) is 0.774. The van der Waals surface area contributed by atoms with Crippen LogP contribution in [-0.2, 0) is 0 Å². The Kier molecular flexibility index (Phi) is 4.51. The number of hydrogen-bond acceptors (Lipinski definition) is 4. The van der Waals surface area contributed by atoms with Crippen molar-refractivity contribution in [2.24, 2.45) is 0 Å². The van der Waals surface area contributed by atoms with E-state index in [2.05, 4.69) is 20.3 Å². The SMILES string of the molecule is CCNc1ncc(-c2cc(C)nc(C)c2)c(-c2cccc(F)c2)n1. The lowest BCUT2D eigenvalue weighted by Gasteiger charge is -2.12. The van der Waals surface area contributed by atoms with Gasteiger partial charge >= 0.3 is 0 Å². The minimum atomic E-state index is -0.288. The number of rotatable bonds is 4. The number of hydrogen-bond donors (Lipinski definition) is 1. The molecule has 122 valence electrons. The summed E-state index contributed by atoms with van der Waals surface area (Å²) in [6.07, 6.45) is 1.78. The molecule has 0 unspecified atom stereocenters. The number of pyridine rings is 1. The molecule has 0 atom stereocenters. The Labute approximate surface area is 140 Å². The smallest absolute Gasteiger partial charge is 0.223 e. The lowest BCUT2D eigenvalue weighted by atomic mass is 10.0. The number of aromatic nitrogens is 3. The molecule has 2 aromatic heterocycles. The van der Waals surface area contributed by atoms with Gasteiger partial charge in [0.2, 0.25) is 5.95 Å². The maximum absolute atomic E-state index is 13.7. The molecule has 1 aromatic carbocycles. The third-order valence-electron chi connectivity index (χ3n) is 3.61. The fraction of sp³-hybridized carbons (Fsp3) is 0.211. The highest BCUT2D eigenvalue weighted by Gasteiger charge is 2.13. The minimum absolute atomic E-state index is 0.288. The second-order valence-corrected chi connectivity index (χ2v) is 5.64. The Morgan fingerprint density at radius 3 is 2.42 bits per heavy atom. The maximum atomic E-state index is 13.7. The van der Waals surface area contributed by atoms with Crippen molar-refractivity contribution < 1.29 is 4.39 Å². The van der Waals surface area contributed by atoms with Gasteiger partial charge in [0.25, 0.3) is 0 Å². The lowest BCUT2D eigenvalue weighted by molar-refractivity contribution is 0.628. The molecule has 0 amide bonds. The zero-order valence-electron chi connectivity index (χ0n) is 14.0. The van der Waals surface area contributed by atoms with Crippen molar-refractivity contribution >= 4 is 5.95 Å². The second kappa shape index (κ2) is 6.74. The van der Waals surface area contributed by atoms with Gasteiger partial charge in [-0.25, -0.2) is 14.4 Å². The van der Waals surface area contributed by atoms with Crippen LogP contribution in [0.15, 0.2) is 42.6 Å².